The quantitative estimate of drug-likeness (QED) is 0.891. The molecule has 0 bridgehead atoms. The topological polar surface area (TPSA) is 33.1 Å². The molecule has 1 N–H and O–H groups in total. The van der Waals surface area contributed by atoms with E-state index in [4.69, 9.17) is 5.11 Å². The molecule has 0 radical (unpaired) electrons. The number of hydrogen-bond donors (Lipinski definition) is 1. The molecule has 1 heterocycles. The van der Waals surface area contributed by atoms with Crippen LogP contribution in [0.2, 0.25) is 0 Å². The van der Waals surface area contributed by atoms with Crippen LogP contribution in [-0.2, 0) is 12.8 Å². The molecule has 0 fully saturated rings. The van der Waals surface area contributed by atoms with Crippen LogP contribution in [0.3, 0.4) is 0 Å². The van der Waals surface area contributed by atoms with Crippen molar-refractivity contribution in [3.05, 3.63) is 53.9 Å². The van der Waals surface area contributed by atoms with Crippen LogP contribution in [0, 0.1) is 0 Å². The zero-order valence-electron chi connectivity index (χ0n) is 9.28. The van der Waals surface area contributed by atoms with Crippen molar-refractivity contribution in [3.63, 3.8) is 0 Å². The van der Waals surface area contributed by atoms with Gasteiger partial charge in [0.2, 0.25) is 0 Å². The van der Waals surface area contributed by atoms with Crippen molar-refractivity contribution in [3.8, 4) is 11.1 Å². The Bertz CT molecular complexity index is 538. The first-order chi connectivity index (χ1) is 8.52. The molecular weight excluding hydrogens is 243 g/mol. The van der Waals surface area contributed by atoms with Gasteiger partial charge in [-0.15, -0.1) is 0 Å². The predicted octanol–water partition coefficient (Wildman–Crippen LogP) is 3.26. The van der Waals surface area contributed by atoms with Gasteiger partial charge in [-0.05, 0) is 11.6 Å². The van der Waals surface area contributed by atoms with E-state index in [0.717, 1.165) is 11.6 Å². The fraction of sp³-hybridized carbons (Fsp3) is 0.154. The number of nitrogens with zero attached hydrogens (tertiary/aromatic N) is 1. The summed E-state index contributed by atoms with van der Waals surface area (Å²) in [6.45, 7) is -0.534. The van der Waals surface area contributed by atoms with Crippen LogP contribution in [0.4, 0.5) is 13.2 Å². The molecule has 0 amide bonds. The van der Waals surface area contributed by atoms with Crippen LogP contribution < -0.4 is 0 Å². The molecule has 2 rings (SSSR count). The van der Waals surface area contributed by atoms with Gasteiger partial charge in [0.15, 0.2) is 0 Å². The minimum absolute atomic E-state index is 0.0241. The molecule has 0 saturated carbocycles. The fourth-order valence-electron chi connectivity index (χ4n) is 1.66. The number of aliphatic hydroxyl groups is 1. The molecule has 0 spiro atoms. The Morgan fingerprint density at radius 3 is 2.22 bits per heavy atom. The number of benzene rings is 1. The maximum atomic E-state index is 12.5. The number of halogens is 3. The average molecular weight is 253 g/mol. The van der Waals surface area contributed by atoms with Crippen molar-refractivity contribution in [1.82, 2.24) is 4.98 Å². The summed E-state index contributed by atoms with van der Waals surface area (Å²) < 4.78 is 37.5. The van der Waals surface area contributed by atoms with Gasteiger partial charge in [0, 0.05) is 5.56 Å². The van der Waals surface area contributed by atoms with E-state index in [0.29, 0.717) is 5.56 Å². The van der Waals surface area contributed by atoms with Crippen LogP contribution in [0.1, 0.15) is 11.4 Å². The Labute approximate surface area is 102 Å². The third kappa shape index (κ3) is 2.51. The second-order valence-corrected chi connectivity index (χ2v) is 3.71. The van der Waals surface area contributed by atoms with E-state index in [9.17, 15) is 13.2 Å². The summed E-state index contributed by atoms with van der Waals surface area (Å²) >= 11 is 0. The lowest BCUT2D eigenvalue weighted by Crippen LogP contribution is -2.10. The highest BCUT2D eigenvalue weighted by Crippen LogP contribution is 2.30. The number of pyridine rings is 1. The molecule has 0 atom stereocenters. The van der Waals surface area contributed by atoms with Gasteiger partial charge >= 0.3 is 6.18 Å². The van der Waals surface area contributed by atoms with E-state index in [1.807, 2.05) is 0 Å². The summed E-state index contributed by atoms with van der Waals surface area (Å²) in [5, 5.41) is 9.14. The first kappa shape index (κ1) is 12.6. The Kier molecular flexibility index (Phi) is 3.34. The van der Waals surface area contributed by atoms with Crippen LogP contribution in [-0.4, -0.2) is 10.1 Å². The van der Waals surface area contributed by atoms with Crippen molar-refractivity contribution in [2.45, 2.75) is 12.8 Å². The zero-order valence-corrected chi connectivity index (χ0v) is 9.28. The van der Waals surface area contributed by atoms with Gasteiger partial charge in [-0.1, -0.05) is 36.4 Å². The second kappa shape index (κ2) is 4.78. The van der Waals surface area contributed by atoms with Gasteiger partial charge in [-0.25, -0.2) is 4.98 Å². The molecule has 1 aromatic carbocycles. The Balaban J connectivity index is 2.51. The molecule has 2 nitrogen and oxygen atoms in total. The van der Waals surface area contributed by atoms with Crippen molar-refractivity contribution >= 4 is 0 Å². The standard InChI is InChI=1S/C13H10F3NO/c14-13(15,16)12-7-6-10(11(8-18)17-12)9-4-2-1-3-5-9/h1-7,18H,8H2. The summed E-state index contributed by atoms with van der Waals surface area (Å²) in [4.78, 5) is 3.46. The van der Waals surface area contributed by atoms with Crippen LogP contribution in [0.25, 0.3) is 11.1 Å². The first-order valence-corrected chi connectivity index (χ1v) is 5.26. The van der Waals surface area contributed by atoms with Gasteiger partial charge in [-0.2, -0.15) is 13.2 Å². The van der Waals surface area contributed by atoms with Crippen molar-refractivity contribution in [2.75, 3.05) is 0 Å². The SMILES string of the molecule is OCc1nc(C(F)(F)F)ccc1-c1ccccc1. The number of alkyl halides is 3. The average Bonchev–Trinajstić information content (AvgIpc) is 2.38. The van der Waals surface area contributed by atoms with Gasteiger partial charge < -0.3 is 5.11 Å². The minimum atomic E-state index is -4.50. The Morgan fingerprint density at radius 1 is 1.00 bits per heavy atom. The lowest BCUT2D eigenvalue weighted by atomic mass is 10.0. The molecule has 5 heteroatoms. The third-order valence-corrected chi connectivity index (χ3v) is 2.50. The summed E-state index contributed by atoms with van der Waals surface area (Å²) in [5.74, 6) is 0. The molecule has 18 heavy (non-hydrogen) atoms. The van der Waals surface area contributed by atoms with Gasteiger partial charge in [0.1, 0.15) is 5.69 Å². The van der Waals surface area contributed by atoms with Crippen LogP contribution in [0.15, 0.2) is 42.5 Å². The molecule has 94 valence electrons. The molecular formula is C13H10F3NO. The van der Waals surface area contributed by atoms with Gasteiger partial charge in [0.05, 0.1) is 12.3 Å². The minimum Gasteiger partial charge on any atom is -0.390 e. The summed E-state index contributed by atoms with van der Waals surface area (Å²) in [7, 11) is 0. The van der Waals surface area contributed by atoms with Crippen LogP contribution in [0.5, 0.6) is 0 Å². The van der Waals surface area contributed by atoms with E-state index < -0.39 is 18.5 Å². The van der Waals surface area contributed by atoms with Gasteiger partial charge in [0.25, 0.3) is 0 Å². The molecule has 0 saturated heterocycles. The molecule has 2 aromatic rings. The number of aliphatic hydroxyl groups excluding tert-OH is 1. The molecule has 0 unspecified atom stereocenters. The summed E-state index contributed by atoms with van der Waals surface area (Å²) in [6, 6.07) is 11.1. The summed E-state index contributed by atoms with van der Waals surface area (Å²) in [5.41, 5.74) is 0.260. The molecule has 1 aromatic heterocycles. The Morgan fingerprint density at radius 2 is 1.67 bits per heavy atom. The second-order valence-electron chi connectivity index (χ2n) is 3.71. The van der Waals surface area contributed by atoms with E-state index in [1.54, 1.807) is 30.3 Å². The van der Waals surface area contributed by atoms with Crippen molar-refractivity contribution in [2.24, 2.45) is 0 Å². The largest absolute Gasteiger partial charge is 0.433 e. The number of aromatic nitrogens is 1. The number of hydrogen-bond acceptors (Lipinski definition) is 2. The van der Waals surface area contributed by atoms with Crippen LogP contribution >= 0.6 is 0 Å². The lowest BCUT2D eigenvalue weighted by molar-refractivity contribution is -0.141. The monoisotopic (exact) mass is 253 g/mol. The first-order valence-electron chi connectivity index (χ1n) is 5.26. The van der Waals surface area contributed by atoms with Gasteiger partial charge in [-0.3, -0.25) is 0 Å². The smallest absolute Gasteiger partial charge is 0.390 e. The highest BCUT2D eigenvalue weighted by molar-refractivity contribution is 5.65. The predicted molar refractivity (Wildman–Crippen MR) is 60.6 cm³/mol. The maximum absolute atomic E-state index is 12.5. The van der Waals surface area contributed by atoms with E-state index >= 15 is 0 Å². The molecule has 0 aliphatic rings. The highest BCUT2D eigenvalue weighted by atomic mass is 19.4. The fourth-order valence-corrected chi connectivity index (χ4v) is 1.66. The zero-order chi connectivity index (χ0) is 13.2. The van der Waals surface area contributed by atoms with E-state index in [2.05, 4.69) is 4.98 Å². The highest BCUT2D eigenvalue weighted by Gasteiger charge is 2.32. The van der Waals surface area contributed by atoms with E-state index in [-0.39, 0.29) is 5.69 Å². The molecule has 0 aliphatic heterocycles. The maximum Gasteiger partial charge on any atom is 0.433 e. The van der Waals surface area contributed by atoms with Crippen molar-refractivity contribution < 1.29 is 18.3 Å². The number of rotatable bonds is 2. The Hall–Kier alpha value is -1.88. The third-order valence-electron chi connectivity index (χ3n) is 2.50. The summed E-state index contributed by atoms with van der Waals surface area (Å²) in [6.07, 6.45) is -4.50. The normalized spacial score (nSPS) is 11.6. The van der Waals surface area contributed by atoms with Crippen molar-refractivity contribution in [1.29, 1.82) is 0 Å². The van der Waals surface area contributed by atoms with E-state index in [1.165, 1.54) is 6.07 Å². The molecule has 0 aliphatic carbocycles. The lowest BCUT2D eigenvalue weighted by Gasteiger charge is -2.11.